The van der Waals surface area contributed by atoms with Gasteiger partial charge in [-0.05, 0) is 62.7 Å². The van der Waals surface area contributed by atoms with Gasteiger partial charge in [-0.3, -0.25) is 9.59 Å². The molecule has 2 aromatic rings. The third kappa shape index (κ3) is 5.16. The van der Waals surface area contributed by atoms with Gasteiger partial charge in [0.1, 0.15) is 5.82 Å². The summed E-state index contributed by atoms with van der Waals surface area (Å²) in [5, 5.41) is 4.68. The molecule has 0 saturated carbocycles. The van der Waals surface area contributed by atoms with Crippen molar-refractivity contribution in [3.63, 3.8) is 0 Å². The molecule has 0 aromatic heterocycles. The summed E-state index contributed by atoms with van der Waals surface area (Å²) in [5.41, 5.74) is 0.974. The largest absolute Gasteiger partial charge is 0.350 e. The fourth-order valence-corrected chi connectivity index (χ4v) is 3.42. The van der Waals surface area contributed by atoms with Gasteiger partial charge in [-0.2, -0.15) is 0 Å². The summed E-state index contributed by atoms with van der Waals surface area (Å²) in [7, 11) is -3.39. The van der Waals surface area contributed by atoms with Gasteiger partial charge in [0.2, 0.25) is 0 Å². The van der Waals surface area contributed by atoms with Gasteiger partial charge >= 0.3 is 0 Å². The van der Waals surface area contributed by atoms with E-state index in [1.54, 1.807) is 20.8 Å². The molecule has 6 nitrogen and oxygen atoms in total. The van der Waals surface area contributed by atoms with E-state index < -0.39 is 26.8 Å². The maximum Gasteiger partial charge on any atom is 0.251 e. The topological polar surface area (TPSA) is 92.3 Å². The number of carbonyl (C=O) groups excluding carboxylic acids is 2. The number of hydrogen-bond donors (Lipinski definition) is 2. The van der Waals surface area contributed by atoms with Gasteiger partial charge in [-0.15, -0.1) is 0 Å². The normalized spacial score (nSPS) is 11.3. The number of halogens is 1. The van der Waals surface area contributed by atoms with E-state index in [9.17, 15) is 22.4 Å². The summed E-state index contributed by atoms with van der Waals surface area (Å²) in [5.74, 6) is -1.27. The van der Waals surface area contributed by atoms with Crippen molar-refractivity contribution in [3.8, 4) is 0 Å². The number of aryl methyl sites for hydroxylation is 1. The summed E-state index contributed by atoms with van der Waals surface area (Å²) in [6.07, 6.45) is 0. The van der Waals surface area contributed by atoms with Crippen molar-refractivity contribution in [1.29, 1.82) is 0 Å². The number of carbonyl (C=O) groups is 2. The third-order valence-electron chi connectivity index (χ3n) is 4.20. The van der Waals surface area contributed by atoms with Crippen molar-refractivity contribution in [2.24, 2.45) is 0 Å². The molecule has 0 unspecified atom stereocenters. The first-order valence-electron chi connectivity index (χ1n) is 8.79. The quantitative estimate of drug-likeness (QED) is 0.691. The fraction of sp³-hybridized carbons (Fsp3) is 0.300. The van der Waals surface area contributed by atoms with Crippen LogP contribution in [0.4, 0.5) is 4.39 Å². The van der Waals surface area contributed by atoms with Gasteiger partial charge in [0, 0.05) is 24.2 Å². The molecule has 0 aliphatic carbocycles. The molecule has 0 spiro atoms. The van der Waals surface area contributed by atoms with Gasteiger partial charge < -0.3 is 10.6 Å². The van der Waals surface area contributed by atoms with E-state index in [2.05, 4.69) is 10.6 Å². The summed E-state index contributed by atoms with van der Waals surface area (Å²) >= 11 is 0. The third-order valence-corrected chi connectivity index (χ3v) is 6.37. The number of nitrogens with one attached hydrogen (secondary N) is 2. The van der Waals surface area contributed by atoms with E-state index in [-0.39, 0.29) is 29.5 Å². The zero-order valence-electron chi connectivity index (χ0n) is 16.0. The first kappa shape index (κ1) is 21.6. The van der Waals surface area contributed by atoms with Crippen LogP contribution in [0.1, 0.15) is 40.1 Å². The molecule has 2 rings (SSSR count). The van der Waals surface area contributed by atoms with Crippen LogP contribution in [-0.4, -0.2) is 38.6 Å². The van der Waals surface area contributed by atoms with Crippen molar-refractivity contribution >= 4 is 21.7 Å². The van der Waals surface area contributed by atoms with Gasteiger partial charge in [0.15, 0.2) is 9.84 Å². The van der Waals surface area contributed by atoms with Crippen LogP contribution in [-0.2, 0) is 9.84 Å². The Bertz CT molecular complexity index is 970. The molecular formula is C20H23FN2O4S. The molecule has 0 radical (unpaired) electrons. The average Bonchev–Trinajstić information content (AvgIpc) is 2.67. The molecule has 0 heterocycles. The van der Waals surface area contributed by atoms with Crippen LogP contribution in [0.5, 0.6) is 0 Å². The van der Waals surface area contributed by atoms with Crippen molar-refractivity contribution < 1.29 is 22.4 Å². The molecule has 150 valence electrons. The number of amides is 2. The number of hydrogen-bond acceptors (Lipinski definition) is 4. The summed E-state index contributed by atoms with van der Waals surface area (Å²) < 4.78 is 37.7. The van der Waals surface area contributed by atoms with E-state index >= 15 is 0 Å². The van der Waals surface area contributed by atoms with Crippen LogP contribution in [0.25, 0.3) is 0 Å². The zero-order valence-corrected chi connectivity index (χ0v) is 16.8. The molecule has 8 heteroatoms. The molecule has 2 N–H and O–H groups in total. The van der Waals surface area contributed by atoms with Crippen LogP contribution in [0, 0.1) is 12.7 Å². The predicted molar refractivity (Wildman–Crippen MR) is 105 cm³/mol. The van der Waals surface area contributed by atoms with E-state index in [1.165, 1.54) is 36.4 Å². The SMILES string of the molecule is Cc1ccc(C(=O)NCCNC(=O)c2ccc(S(=O)(=O)C(C)C)cc2)cc1F. The maximum atomic E-state index is 13.5. The van der Waals surface area contributed by atoms with Crippen LogP contribution in [0.2, 0.25) is 0 Å². The molecule has 28 heavy (non-hydrogen) atoms. The second-order valence-corrected chi connectivity index (χ2v) is 9.10. The lowest BCUT2D eigenvalue weighted by Crippen LogP contribution is -2.34. The molecule has 0 fully saturated rings. The molecule has 2 amide bonds. The molecule has 0 saturated heterocycles. The van der Waals surface area contributed by atoms with Crippen LogP contribution in [0.15, 0.2) is 47.4 Å². The lowest BCUT2D eigenvalue weighted by Gasteiger charge is -2.10. The summed E-state index contributed by atoms with van der Waals surface area (Å²) in [6.45, 7) is 5.13. The Morgan fingerprint density at radius 2 is 1.43 bits per heavy atom. The van der Waals surface area contributed by atoms with Gasteiger partial charge in [-0.1, -0.05) is 6.07 Å². The maximum absolute atomic E-state index is 13.5. The van der Waals surface area contributed by atoms with E-state index in [0.29, 0.717) is 11.1 Å². The minimum absolute atomic E-state index is 0.164. The second kappa shape index (κ2) is 8.97. The van der Waals surface area contributed by atoms with Crippen LogP contribution < -0.4 is 10.6 Å². The van der Waals surface area contributed by atoms with Crippen molar-refractivity contribution in [2.45, 2.75) is 30.9 Å². The molecule has 0 aliphatic rings. The molecule has 2 aromatic carbocycles. The Labute approximate surface area is 164 Å². The van der Waals surface area contributed by atoms with Crippen molar-refractivity contribution in [1.82, 2.24) is 10.6 Å². The highest BCUT2D eigenvalue weighted by atomic mass is 32.2. The number of rotatable bonds is 7. The lowest BCUT2D eigenvalue weighted by atomic mass is 10.1. The van der Waals surface area contributed by atoms with Gasteiger partial charge in [0.25, 0.3) is 11.8 Å². The highest BCUT2D eigenvalue weighted by Crippen LogP contribution is 2.16. The minimum Gasteiger partial charge on any atom is -0.350 e. The lowest BCUT2D eigenvalue weighted by molar-refractivity contribution is 0.0927. The van der Waals surface area contributed by atoms with E-state index in [4.69, 9.17) is 0 Å². The summed E-state index contributed by atoms with van der Waals surface area (Å²) in [4.78, 5) is 24.2. The fourth-order valence-electron chi connectivity index (χ4n) is 2.36. The number of sulfone groups is 1. The molecule has 0 bridgehead atoms. The van der Waals surface area contributed by atoms with Crippen LogP contribution in [0.3, 0.4) is 0 Å². The average molecular weight is 406 g/mol. The van der Waals surface area contributed by atoms with E-state index in [0.717, 1.165) is 6.07 Å². The first-order chi connectivity index (χ1) is 13.1. The van der Waals surface area contributed by atoms with Crippen molar-refractivity contribution in [2.75, 3.05) is 13.1 Å². The van der Waals surface area contributed by atoms with Gasteiger partial charge in [0.05, 0.1) is 10.1 Å². The standard InChI is InChI=1S/C20H23FN2O4S/c1-13(2)28(26,27)17-8-6-15(7-9-17)19(24)22-10-11-23-20(25)16-5-4-14(3)18(21)12-16/h4-9,12-13H,10-11H2,1-3H3,(H,22,24)(H,23,25). The molecular weight excluding hydrogens is 383 g/mol. The Morgan fingerprint density at radius 3 is 1.93 bits per heavy atom. The van der Waals surface area contributed by atoms with E-state index in [1.807, 2.05) is 0 Å². The smallest absolute Gasteiger partial charge is 0.251 e. The molecule has 0 aliphatic heterocycles. The Kier molecular flexibility index (Phi) is 6.90. The minimum atomic E-state index is -3.39. The monoisotopic (exact) mass is 406 g/mol. The molecule has 0 atom stereocenters. The zero-order chi connectivity index (χ0) is 20.9. The second-order valence-electron chi connectivity index (χ2n) is 6.59. The van der Waals surface area contributed by atoms with Crippen LogP contribution >= 0.6 is 0 Å². The summed E-state index contributed by atoms with van der Waals surface area (Å²) in [6, 6.07) is 9.90. The Balaban J connectivity index is 1.85. The Hall–Kier alpha value is -2.74. The predicted octanol–water partition coefficient (Wildman–Crippen LogP) is 2.48. The highest BCUT2D eigenvalue weighted by Gasteiger charge is 2.19. The van der Waals surface area contributed by atoms with Gasteiger partial charge in [-0.25, -0.2) is 12.8 Å². The van der Waals surface area contributed by atoms with Crippen molar-refractivity contribution in [3.05, 3.63) is 65.0 Å². The highest BCUT2D eigenvalue weighted by molar-refractivity contribution is 7.92. The Morgan fingerprint density at radius 1 is 0.929 bits per heavy atom. The number of benzene rings is 2. The first-order valence-corrected chi connectivity index (χ1v) is 10.3.